The molecule has 2 N–H and O–H groups in total. The van der Waals surface area contributed by atoms with Crippen molar-refractivity contribution in [2.24, 2.45) is 5.92 Å². The summed E-state index contributed by atoms with van der Waals surface area (Å²) in [4.78, 5) is 14.3. The molecular weight excluding hydrogens is 284 g/mol. The van der Waals surface area contributed by atoms with Crippen molar-refractivity contribution < 1.29 is 9.90 Å². The van der Waals surface area contributed by atoms with E-state index in [0.29, 0.717) is 5.92 Å². The molecule has 0 amide bonds. The van der Waals surface area contributed by atoms with E-state index in [4.69, 9.17) is 5.11 Å². The van der Waals surface area contributed by atoms with Crippen molar-refractivity contribution in [2.75, 3.05) is 38.5 Å². The quantitative estimate of drug-likeness (QED) is 0.721. The highest BCUT2D eigenvalue weighted by Crippen LogP contribution is 2.19. The lowest BCUT2D eigenvalue weighted by Gasteiger charge is -2.32. The van der Waals surface area contributed by atoms with E-state index >= 15 is 0 Å². The molecule has 1 atom stereocenters. The monoisotopic (exact) mass is 308 g/mol. The van der Waals surface area contributed by atoms with Crippen LogP contribution in [0.25, 0.3) is 0 Å². The summed E-state index contributed by atoms with van der Waals surface area (Å²) in [7, 11) is 0. The van der Waals surface area contributed by atoms with E-state index in [1.165, 1.54) is 24.3 Å². The molecule has 2 rings (SSSR count). The van der Waals surface area contributed by atoms with Gasteiger partial charge in [0.2, 0.25) is 0 Å². The normalized spacial score (nSPS) is 19.5. The summed E-state index contributed by atoms with van der Waals surface area (Å²) >= 11 is 1.90. The molecule has 1 heterocycles. The fourth-order valence-corrected chi connectivity index (χ4v) is 3.65. The van der Waals surface area contributed by atoms with Crippen LogP contribution in [0.5, 0.6) is 0 Å². The van der Waals surface area contributed by atoms with Crippen LogP contribution in [0.3, 0.4) is 0 Å². The van der Waals surface area contributed by atoms with Crippen LogP contribution in [0.1, 0.15) is 12.8 Å². The van der Waals surface area contributed by atoms with Crippen LogP contribution in [0.2, 0.25) is 0 Å². The molecule has 1 saturated heterocycles. The Morgan fingerprint density at radius 2 is 2.19 bits per heavy atom. The van der Waals surface area contributed by atoms with Gasteiger partial charge in [-0.3, -0.25) is 4.79 Å². The maximum atomic E-state index is 10.5. The molecule has 0 bridgehead atoms. The molecule has 4 nitrogen and oxygen atoms in total. The summed E-state index contributed by atoms with van der Waals surface area (Å²) in [5, 5.41) is 11.7. The SMILES string of the molecule is O=C(O)CNCC1CCCN(CCSc2ccccc2)C1. The molecule has 116 valence electrons. The third-order valence-electron chi connectivity index (χ3n) is 3.73. The van der Waals surface area contributed by atoms with Crippen LogP contribution in [0, 0.1) is 5.92 Å². The Bertz CT molecular complexity index is 428. The number of hydrogen-bond acceptors (Lipinski definition) is 4. The highest BCUT2D eigenvalue weighted by molar-refractivity contribution is 7.99. The molecule has 1 aliphatic heterocycles. The van der Waals surface area contributed by atoms with Crippen molar-refractivity contribution in [3.8, 4) is 0 Å². The van der Waals surface area contributed by atoms with Crippen molar-refractivity contribution in [1.29, 1.82) is 0 Å². The highest BCUT2D eigenvalue weighted by Gasteiger charge is 2.19. The summed E-state index contributed by atoms with van der Waals surface area (Å²) in [6.07, 6.45) is 2.42. The van der Waals surface area contributed by atoms with Gasteiger partial charge in [0, 0.05) is 23.7 Å². The number of nitrogens with one attached hydrogen (secondary N) is 1. The maximum Gasteiger partial charge on any atom is 0.317 e. The summed E-state index contributed by atoms with van der Waals surface area (Å²) in [6, 6.07) is 10.5. The molecule has 1 aromatic rings. The van der Waals surface area contributed by atoms with E-state index in [9.17, 15) is 4.79 Å². The van der Waals surface area contributed by atoms with Gasteiger partial charge >= 0.3 is 5.97 Å². The molecule has 0 spiro atoms. The van der Waals surface area contributed by atoms with Gasteiger partial charge < -0.3 is 15.3 Å². The van der Waals surface area contributed by atoms with E-state index < -0.39 is 5.97 Å². The fraction of sp³-hybridized carbons (Fsp3) is 0.562. The average molecular weight is 308 g/mol. The standard InChI is InChI=1S/C16H24N2O2S/c19-16(20)12-17-11-14-5-4-8-18(13-14)9-10-21-15-6-2-1-3-7-15/h1-3,6-7,14,17H,4-5,8-13H2,(H,19,20). The lowest BCUT2D eigenvalue weighted by molar-refractivity contribution is -0.136. The molecule has 0 radical (unpaired) electrons. The zero-order chi connectivity index (χ0) is 14.9. The van der Waals surface area contributed by atoms with Gasteiger partial charge in [-0.1, -0.05) is 18.2 Å². The van der Waals surface area contributed by atoms with E-state index in [1.54, 1.807) is 0 Å². The van der Waals surface area contributed by atoms with Crippen LogP contribution in [-0.2, 0) is 4.79 Å². The Balaban J connectivity index is 1.63. The topological polar surface area (TPSA) is 52.6 Å². The molecule has 0 saturated carbocycles. The minimum Gasteiger partial charge on any atom is -0.480 e. The molecule has 1 unspecified atom stereocenters. The summed E-state index contributed by atoms with van der Waals surface area (Å²) in [5.74, 6) is 0.918. The van der Waals surface area contributed by atoms with Gasteiger partial charge in [-0.15, -0.1) is 11.8 Å². The van der Waals surface area contributed by atoms with Crippen LogP contribution >= 0.6 is 11.8 Å². The Kier molecular flexibility index (Phi) is 7.06. The number of piperidine rings is 1. The largest absolute Gasteiger partial charge is 0.480 e. The minimum atomic E-state index is -0.776. The zero-order valence-corrected chi connectivity index (χ0v) is 13.1. The Morgan fingerprint density at radius 3 is 2.95 bits per heavy atom. The van der Waals surface area contributed by atoms with E-state index in [1.807, 2.05) is 17.8 Å². The molecular formula is C16H24N2O2S. The molecule has 0 aromatic heterocycles. The Hall–Kier alpha value is -1.04. The second-order valence-corrected chi connectivity index (χ2v) is 6.66. The van der Waals surface area contributed by atoms with Crippen LogP contribution in [0.15, 0.2) is 35.2 Å². The van der Waals surface area contributed by atoms with Crippen molar-refractivity contribution in [2.45, 2.75) is 17.7 Å². The first-order chi connectivity index (χ1) is 10.2. The van der Waals surface area contributed by atoms with E-state index in [0.717, 1.165) is 25.4 Å². The number of hydrogen-bond donors (Lipinski definition) is 2. The maximum absolute atomic E-state index is 10.5. The lowest BCUT2D eigenvalue weighted by atomic mass is 9.98. The highest BCUT2D eigenvalue weighted by atomic mass is 32.2. The van der Waals surface area contributed by atoms with Crippen LogP contribution in [-0.4, -0.2) is 54.5 Å². The van der Waals surface area contributed by atoms with Gasteiger partial charge in [0.15, 0.2) is 0 Å². The van der Waals surface area contributed by atoms with Gasteiger partial charge in [0.25, 0.3) is 0 Å². The molecule has 21 heavy (non-hydrogen) atoms. The first-order valence-electron chi connectivity index (χ1n) is 7.57. The molecule has 1 aromatic carbocycles. The second kappa shape index (κ2) is 9.07. The number of likely N-dealkylation sites (tertiary alicyclic amines) is 1. The zero-order valence-electron chi connectivity index (χ0n) is 12.3. The van der Waals surface area contributed by atoms with Gasteiger partial charge in [0.1, 0.15) is 0 Å². The predicted octanol–water partition coefficient (Wildman–Crippen LogP) is 2.16. The number of benzene rings is 1. The van der Waals surface area contributed by atoms with Crippen molar-refractivity contribution >= 4 is 17.7 Å². The number of rotatable bonds is 8. The average Bonchev–Trinajstić information content (AvgIpc) is 2.48. The third kappa shape index (κ3) is 6.50. The summed E-state index contributed by atoms with van der Waals surface area (Å²) in [5.41, 5.74) is 0. The smallest absolute Gasteiger partial charge is 0.317 e. The van der Waals surface area contributed by atoms with Gasteiger partial charge in [-0.05, 0) is 44.0 Å². The molecule has 1 aliphatic rings. The lowest BCUT2D eigenvalue weighted by Crippen LogP contribution is -2.41. The molecule has 1 fully saturated rings. The van der Waals surface area contributed by atoms with Crippen LogP contribution < -0.4 is 5.32 Å². The number of nitrogens with zero attached hydrogens (tertiary/aromatic N) is 1. The van der Waals surface area contributed by atoms with Crippen LogP contribution in [0.4, 0.5) is 0 Å². The number of carboxylic acids is 1. The minimum absolute atomic E-state index is 0.0698. The van der Waals surface area contributed by atoms with Gasteiger partial charge in [-0.2, -0.15) is 0 Å². The number of thioether (sulfide) groups is 1. The fourth-order valence-electron chi connectivity index (χ4n) is 2.71. The first kappa shape index (κ1) is 16.3. The number of carbonyl (C=O) groups is 1. The van der Waals surface area contributed by atoms with Crippen molar-refractivity contribution in [3.05, 3.63) is 30.3 Å². The second-order valence-electron chi connectivity index (χ2n) is 5.50. The molecule has 5 heteroatoms. The molecule has 0 aliphatic carbocycles. The van der Waals surface area contributed by atoms with Gasteiger partial charge in [-0.25, -0.2) is 0 Å². The van der Waals surface area contributed by atoms with E-state index in [2.05, 4.69) is 34.5 Å². The van der Waals surface area contributed by atoms with Gasteiger partial charge in [0.05, 0.1) is 6.54 Å². The Morgan fingerprint density at radius 1 is 1.38 bits per heavy atom. The first-order valence-corrected chi connectivity index (χ1v) is 8.55. The third-order valence-corrected chi connectivity index (χ3v) is 4.72. The predicted molar refractivity (Wildman–Crippen MR) is 86.8 cm³/mol. The summed E-state index contributed by atoms with van der Waals surface area (Å²) < 4.78 is 0. The number of carboxylic acid groups (broad SMARTS) is 1. The van der Waals surface area contributed by atoms with Crippen molar-refractivity contribution in [1.82, 2.24) is 10.2 Å². The van der Waals surface area contributed by atoms with E-state index in [-0.39, 0.29) is 6.54 Å². The number of aliphatic carboxylic acids is 1. The Labute approximate surface area is 130 Å². The van der Waals surface area contributed by atoms with Crippen molar-refractivity contribution in [3.63, 3.8) is 0 Å². The summed E-state index contributed by atoms with van der Waals surface area (Å²) in [6.45, 7) is 4.25.